The van der Waals surface area contributed by atoms with E-state index < -0.39 is 29.7 Å². The van der Waals surface area contributed by atoms with Crippen molar-refractivity contribution in [3.05, 3.63) is 72.2 Å². The fraction of sp³-hybridized carbons (Fsp3) is 0.345. The van der Waals surface area contributed by atoms with Crippen LogP contribution in [0.4, 0.5) is 28.9 Å². The van der Waals surface area contributed by atoms with Gasteiger partial charge in [-0.3, -0.25) is 19.5 Å². The van der Waals surface area contributed by atoms with Gasteiger partial charge < -0.3 is 20.7 Å². The lowest BCUT2D eigenvalue weighted by molar-refractivity contribution is -0.274. The zero-order valence-corrected chi connectivity index (χ0v) is 22.6. The maximum Gasteiger partial charge on any atom is 0.573 e. The summed E-state index contributed by atoms with van der Waals surface area (Å²) in [6, 6.07) is 12.6. The number of aromatic nitrogens is 1. The van der Waals surface area contributed by atoms with Crippen LogP contribution in [0.25, 0.3) is 11.3 Å². The highest BCUT2D eigenvalue weighted by molar-refractivity contribution is 6.06. The van der Waals surface area contributed by atoms with Gasteiger partial charge in [0.15, 0.2) is 5.75 Å². The molecule has 1 saturated heterocycles. The number of nitrogens with zero attached hydrogens (tertiary/aromatic N) is 2. The Bertz CT molecular complexity index is 1370. The molecule has 0 radical (unpaired) electrons. The number of carbonyl (C=O) groups is 2. The van der Waals surface area contributed by atoms with E-state index >= 15 is 0 Å². The number of alkyl halides is 3. The molecule has 1 fully saturated rings. The van der Waals surface area contributed by atoms with Gasteiger partial charge in [0.05, 0.1) is 29.8 Å². The Morgan fingerprint density at radius 3 is 2.56 bits per heavy atom. The number of likely N-dealkylation sites (N-methyl/N-ethyl adjacent to an activating group) is 1. The fourth-order valence-electron chi connectivity index (χ4n) is 4.71. The molecule has 0 spiro atoms. The molecule has 218 valence electrons. The van der Waals surface area contributed by atoms with Crippen LogP contribution < -0.4 is 20.7 Å². The summed E-state index contributed by atoms with van der Waals surface area (Å²) in [7, 11) is 1.85. The van der Waals surface area contributed by atoms with Crippen LogP contribution in [-0.4, -0.2) is 60.8 Å². The number of likely N-dealkylation sites (tertiary alicyclic amines) is 1. The first-order valence-corrected chi connectivity index (χ1v) is 13.1. The normalized spacial score (nSPS) is 17.9. The van der Waals surface area contributed by atoms with Crippen molar-refractivity contribution in [3.63, 3.8) is 0 Å². The second-order valence-corrected chi connectivity index (χ2v) is 10.0. The summed E-state index contributed by atoms with van der Waals surface area (Å²) in [5.74, 6) is -1.81. The summed E-state index contributed by atoms with van der Waals surface area (Å²) >= 11 is 0. The SMILES string of the molecule is CNC1CC(C)CCN(CC(=O)Nc2cc(C(=O)Nc3ccc(-c4ccccc4F)nc3)ccc2OC(F)(F)F)C1. The Morgan fingerprint density at radius 2 is 1.88 bits per heavy atom. The Hall–Kier alpha value is -4.03. The standard InChI is InChI=1S/C29H31F4N5O3/c1-18-11-12-38(16-21(13-18)34-2)17-27(39)37-25-14-19(7-10-26(25)41-29(31,32)33)28(40)36-20-8-9-24(35-15-20)22-5-3-4-6-23(22)30/h3-10,14-15,18,21,34H,11-13,16-17H2,1-2H3,(H,36,40)(H,37,39). The molecule has 3 aromatic rings. The number of halogens is 4. The van der Waals surface area contributed by atoms with E-state index in [-0.39, 0.29) is 29.5 Å². The molecule has 12 heteroatoms. The Balaban J connectivity index is 1.48. The molecule has 1 aliphatic heterocycles. The number of rotatable bonds is 8. The van der Waals surface area contributed by atoms with Gasteiger partial charge >= 0.3 is 6.36 Å². The zero-order chi connectivity index (χ0) is 29.6. The van der Waals surface area contributed by atoms with E-state index in [4.69, 9.17) is 0 Å². The predicted molar refractivity (Wildman–Crippen MR) is 147 cm³/mol. The molecule has 0 bridgehead atoms. The van der Waals surface area contributed by atoms with E-state index in [1.54, 1.807) is 18.2 Å². The minimum atomic E-state index is -5.00. The van der Waals surface area contributed by atoms with Crippen molar-refractivity contribution >= 4 is 23.2 Å². The Labute approximate surface area is 235 Å². The highest BCUT2D eigenvalue weighted by Gasteiger charge is 2.33. The zero-order valence-electron chi connectivity index (χ0n) is 22.6. The maximum atomic E-state index is 14.0. The van der Waals surface area contributed by atoms with E-state index in [1.807, 2.05) is 11.9 Å². The first-order chi connectivity index (χ1) is 19.5. The maximum absolute atomic E-state index is 14.0. The van der Waals surface area contributed by atoms with Gasteiger partial charge in [-0.05, 0) is 74.8 Å². The van der Waals surface area contributed by atoms with E-state index in [2.05, 4.69) is 32.6 Å². The third kappa shape index (κ3) is 8.48. The predicted octanol–water partition coefficient (Wildman–Crippen LogP) is 5.30. The third-order valence-electron chi connectivity index (χ3n) is 6.79. The minimum absolute atomic E-state index is 0.0214. The average Bonchev–Trinajstić information content (AvgIpc) is 3.10. The van der Waals surface area contributed by atoms with Gasteiger partial charge in [-0.15, -0.1) is 13.2 Å². The molecule has 1 aliphatic rings. The lowest BCUT2D eigenvalue weighted by Crippen LogP contribution is -2.41. The number of pyridine rings is 1. The topological polar surface area (TPSA) is 95.6 Å². The van der Waals surface area contributed by atoms with Crippen molar-refractivity contribution in [2.45, 2.75) is 32.2 Å². The molecule has 4 rings (SSSR count). The molecule has 1 aromatic heterocycles. The summed E-state index contributed by atoms with van der Waals surface area (Å²) in [6.07, 6.45) is -1.82. The van der Waals surface area contributed by atoms with Crippen LogP contribution in [0, 0.1) is 11.7 Å². The largest absolute Gasteiger partial charge is 0.573 e. The molecule has 2 aromatic carbocycles. The highest BCUT2D eigenvalue weighted by atomic mass is 19.4. The number of hydrogen-bond donors (Lipinski definition) is 3. The molecular weight excluding hydrogens is 542 g/mol. The fourth-order valence-corrected chi connectivity index (χ4v) is 4.71. The molecule has 2 unspecified atom stereocenters. The molecule has 3 N–H and O–H groups in total. The van der Waals surface area contributed by atoms with Crippen molar-refractivity contribution in [1.29, 1.82) is 0 Å². The number of benzene rings is 2. The van der Waals surface area contributed by atoms with Crippen LogP contribution in [0.2, 0.25) is 0 Å². The molecular formula is C29H31F4N5O3. The van der Waals surface area contributed by atoms with E-state index in [1.165, 1.54) is 24.4 Å². The van der Waals surface area contributed by atoms with Crippen molar-refractivity contribution in [2.24, 2.45) is 5.92 Å². The number of carbonyl (C=O) groups excluding carboxylic acids is 2. The summed E-state index contributed by atoms with van der Waals surface area (Å²) in [4.78, 5) is 31.9. The summed E-state index contributed by atoms with van der Waals surface area (Å²) in [5.41, 5.74) is 0.626. The number of amides is 2. The average molecular weight is 574 g/mol. The van der Waals surface area contributed by atoms with Crippen LogP contribution >= 0.6 is 0 Å². The van der Waals surface area contributed by atoms with Crippen LogP contribution in [0.1, 0.15) is 30.1 Å². The summed E-state index contributed by atoms with van der Waals surface area (Å²) in [5, 5.41) is 8.31. The minimum Gasteiger partial charge on any atom is -0.404 e. The molecule has 2 heterocycles. The number of ether oxygens (including phenoxy) is 1. The van der Waals surface area contributed by atoms with Gasteiger partial charge in [0.2, 0.25) is 5.91 Å². The second-order valence-electron chi connectivity index (χ2n) is 10.0. The Morgan fingerprint density at radius 1 is 1.10 bits per heavy atom. The van der Waals surface area contributed by atoms with E-state index in [0.717, 1.165) is 31.0 Å². The van der Waals surface area contributed by atoms with Crippen LogP contribution in [-0.2, 0) is 4.79 Å². The van der Waals surface area contributed by atoms with E-state index in [0.29, 0.717) is 30.3 Å². The van der Waals surface area contributed by atoms with E-state index in [9.17, 15) is 27.2 Å². The van der Waals surface area contributed by atoms with Crippen molar-refractivity contribution in [2.75, 3.05) is 37.3 Å². The summed E-state index contributed by atoms with van der Waals surface area (Å²) in [6.45, 7) is 3.39. The smallest absolute Gasteiger partial charge is 0.404 e. The molecule has 0 saturated carbocycles. The molecule has 2 amide bonds. The third-order valence-corrected chi connectivity index (χ3v) is 6.79. The first-order valence-electron chi connectivity index (χ1n) is 13.1. The monoisotopic (exact) mass is 573 g/mol. The van der Waals surface area contributed by atoms with Gasteiger partial charge in [-0.1, -0.05) is 19.1 Å². The highest BCUT2D eigenvalue weighted by Crippen LogP contribution is 2.32. The lowest BCUT2D eigenvalue weighted by Gasteiger charge is -2.23. The van der Waals surface area contributed by atoms with Gasteiger partial charge in [0.1, 0.15) is 5.82 Å². The Kier molecular flexibility index (Phi) is 9.56. The van der Waals surface area contributed by atoms with Crippen molar-refractivity contribution < 1.29 is 31.9 Å². The van der Waals surface area contributed by atoms with Crippen molar-refractivity contribution in [1.82, 2.24) is 15.2 Å². The quantitative estimate of drug-likeness (QED) is 0.317. The molecule has 2 atom stereocenters. The molecule has 41 heavy (non-hydrogen) atoms. The number of nitrogens with one attached hydrogen (secondary N) is 3. The molecule has 0 aliphatic carbocycles. The van der Waals surface area contributed by atoms with Gasteiger partial charge in [0.25, 0.3) is 5.91 Å². The van der Waals surface area contributed by atoms with Gasteiger partial charge in [0, 0.05) is 23.7 Å². The lowest BCUT2D eigenvalue weighted by atomic mass is 10.0. The second kappa shape index (κ2) is 13.1. The first kappa shape index (κ1) is 29.9. The van der Waals surface area contributed by atoms with Gasteiger partial charge in [-0.25, -0.2) is 4.39 Å². The van der Waals surface area contributed by atoms with Crippen LogP contribution in [0.15, 0.2) is 60.8 Å². The number of anilines is 2. The van der Waals surface area contributed by atoms with Crippen molar-refractivity contribution in [3.8, 4) is 17.0 Å². The summed E-state index contributed by atoms with van der Waals surface area (Å²) < 4.78 is 57.3. The van der Waals surface area contributed by atoms with Crippen LogP contribution in [0.3, 0.4) is 0 Å². The van der Waals surface area contributed by atoms with Gasteiger partial charge in [-0.2, -0.15) is 0 Å². The van der Waals surface area contributed by atoms with Crippen LogP contribution in [0.5, 0.6) is 5.75 Å². The molecule has 8 nitrogen and oxygen atoms in total. The number of hydrogen-bond acceptors (Lipinski definition) is 6.